The Balaban J connectivity index is 0.00000153. The molecule has 0 amide bonds. The molecule has 0 aromatic heterocycles. The number of allylic oxidation sites excluding steroid dienone is 2. The number of aliphatic imine (C=N–C) groups is 2. The highest BCUT2D eigenvalue weighted by molar-refractivity contribution is 7.99. The van der Waals surface area contributed by atoms with Gasteiger partial charge in [0.2, 0.25) is 0 Å². The number of hydrogen-bond acceptors (Lipinski definition) is 7. The zero-order valence-electron chi connectivity index (χ0n) is 22.5. The van der Waals surface area contributed by atoms with Crippen molar-refractivity contribution in [3.05, 3.63) is 69.7 Å². The lowest BCUT2D eigenvalue weighted by atomic mass is 9.90. The summed E-state index contributed by atoms with van der Waals surface area (Å²) in [6.45, 7) is 9.77. The van der Waals surface area contributed by atoms with Gasteiger partial charge in [0.15, 0.2) is 5.78 Å². The normalized spacial score (nSPS) is 15.1. The minimum atomic E-state index is -4.27. The number of carbonyl (C=O) groups is 1. The van der Waals surface area contributed by atoms with Crippen molar-refractivity contribution in [1.29, 1.82) is 0 Å². The average molecular weight is 547 g/mol. The number of hydrogen-bond donors (Lipinski definition) is 0. The fraction of sp³-hybridized carbons (Fsp3) is 0.393. The van der Waals surface area contributed by atoms with E-state index in [0.29, 0.717) is 5.56 Å². The molecule has 1 aliphatic heterocycles. The van der Waals surface area contributed by atoms with Crippen molar-refractivity contribution < 1.29 is 21.8 Å². The maximum Gasteiger partial charge on any atom is 0.338 e. The zero-order valence-corrected chi connectivity index (χ0v) is 24.1. The largest absolute Gasteiger partial charge is 0.383 e. The SMILES string of the molecule is CCC.CCC(OS(=O)(=O)c1ccc(F)cc1)=C(C=NC)C(=O)c1cc(C)c2c(c1C)C(=NC)CCS2. The summed E-state index contributed by atoms with van der Waals surface area (Å²) in [5.41, 5.74) is 4.16. The van der Waals surface area contributed by atoms with Gasteiger partial charge in [0.1, 0.15) is 16.5 Å². The molecular formula is C28H35FN2O4S2. The lowest BCUT2D eigenvalue weighted by Gasteiger charge is -2.24. The second-order valence-corrected chi connectivity index (χ2v) is 11.1. The third-order valence-corrected chi connectivity index (χ3v) is 8.04. The van der Waals surface area contributed by atoms with E-state index in [-0.39, 0.29) is 28.4 Å². The van der Waals surface area contributed by atoms with Crippen LogP contribution < -0.4 is 0 Å². The first-order valence-corrected chi connectivity index (χ1v) is 14.6. The molecule has 37 heavy (non-hydrogen) atoms. The summed E-state index contributed by atoms with van der Waals surface area (Å²) in [6, 6.07) is 6.14. The van der Waals surface area contributed by atoms with Crippen LogP contribution in [0, 0.1) is 19.7 Å². The number of rotatable bonds is 7. The molecule has 1 aliphatic rings. The van der Waals surface area contributed by atoms with E-state index in [4.69, 9.17) is 4.18 Å². The molecule has 0 fully saturated rings. The van der Waals surface area contributed by atoms with Crippen LogP contribution in [0.2, 0.25) is 0 Å². The van der Waals surface area contributed by atoms with Crippen LogP contribution in [0.25, 0.3) is 0 Å². The van der Waals surface area contributed by atoms with Crippen molar-refractivity contribution in [2.75, 3.05) is 19.8 Å². The van der Waals surface area contributed by atoms with E-state index in [1.807, 2.05) is 19.9 Å². The quantitative estimate of drug-likeness (QED) is 0.126. The van der Waals surface area contributed by atoms with Gasteiger partial charge in [-0.3, -0.25) is 14.8 Å². The number of halogens is 1. The molecular weight excluding hydrogens is 511 g/mol. The highest BCUT2D eigenvalue weighted by atomic mass is 32.2. The number of benzene rings is 2. The first kappa shape index (κ1) is 30.4. The van der Waals surface area contributed by atoms with Crippen molar-refractivity contribution in [3.63, 3.8) is 0 Å². The highest BCUT2D eigenvalue weighted by Crippen LogP contribution is 2.37. The molecule has 0 aliphatic carbocycles. The summed E-state index contributed by atoms with van der Waals surface area (Å²) >= 11 is 1.74. The summed E-state index contributed by atoms with van der Waals surface area (Å²) in [7, 11) is -1.03. The molecule has 1 heterocycles. The number of thioether (sulfide) groups is 1. The molecule has 0 unspecified atom stereocenters. The molecule has 0 spiro atoms. The van der Waals surface area contributed by atoms with Gasteiger partial charge in [-0.1, -0.05) is 27.2 Å². The van der Waals surface area contributed by atoms with Crippen LogP contribution in [-0.4, -0.2) is 46.0 Å². The number of fused-ring (bicyclic) bond motifs is 1. The first-order chi connectivity index (χ1) is 17.6. The minimum absolute atomic E-state index is 0.0338. The predicted molar refractivity (Wildman–Crippen MR) is 150 cm³/mol. The third kappa shape index (κ3) is 7.17. The highest BCUT2D eigenvalue weighted by Gasteiger charge is 2.28. The topological polar surface area (TPSA) is 85.2 Å². The smallest absolute Gasteiger partial charge is 0.338 e. The van der Waals surface area contributed by atoms with E-state index >= 15 is 0 Å². The van der Waals surface area contributed by atoms with E-state index in [0.717, 1.165) is 63.7 Å². The Hall–Kier alpha value is -2.78. The van der Waals surface area contributed by atoms with Crippen LogP contribution in [-0.2, 0) is 14.3 Å². The van der Waals surface area contributed by atoms with Crippen molar-refractivity contribution in [1.82, 2.24) is 0 Å². The molecule has 2 aromatic rings. The van der Waals surface area contributed by atoms with Crippen molar-refractivity contribution in [3.8, 4) is 0 Å². The Labute approximate surface area is 224 Å². The minimum Gasteiger partial charge on any atom is -0.383 e. The molecule has 0 saturated heterocycles. The Morgan fingerprint density at radius 1 is 1.14 bits per heavy atom. The molecule has 0 atom stereocenters. The van der Waals surface area contributed by atoms with Gasteiger partial charge in [0.05, 0.1) is 5.57 Å². The van der Waals surface area contributed by atoms with Crippen LogP contribution in [0.1, 0.15) is 67.1 Å². The number of carbonyl (C=O) groups excluding carboxylic acids is 1. The Kier molecular flexibility index (Phi) is 11.3. The summed E-state index contributed by atoms with van der Waals surface area (Å²) in [5.74, 6) is -0.0547. The monoisotopic (exact) mass is 546 g/mol. The molecule has 0 N–H and O–H groups in total. The number of ketones is 1. The van der Waals surface area contributed by atoms with Crippen LogP contribution >= 0.6 is 11.8 Å². The zero-order chi connectivity index (χ0) is 27.8. The summed E-state index contributed by atoms with van der Waals surface area (Å²) in [4.78, 5) is 23.1. The van der Waals surface area contributed by atoms with Gasteiger partial charge in [0, 0.05) is 54.2 Å². The van der Waals surface area contributed by atoms with Gasteiger partial charge < -0.3 is 4.18 Å². The van der Waals surface area contributed by atoms with Crippen molar-refractivity contribution >= 4 is 39.6 Å². The van der Waals surface area contributed by atoms with Crippen LogP contribution in [0.5, 0.6) is 0 Å². The fourth-order valence-corrected chi connectivity index (χ4v) is 6.11. The maximum absolute atomic E-state index is 13.7. The van der Waals surface area contributed by atoms with Gasteiger partial charge in [0.25, 0.3) is 0 Å². The second-order valence-electron chi connectivity index (χ2n) is 8.44. The van der Waals surface area contributed by atoms with E-state index < -0.39 is 15.9 Å². The molecule has 6 nitrogen and oxygen atoms in total. The first-order valence-electron chi connectivity index (χ1n) is 12.2. The van der Waals surface area contributed by atoms with E-state index in [2.05, 4.69) is 23.8 Å². The predicted octanol–water partition coefficient (Wildman–Crippen LogP) is 6.73. The number of nitrogens with zero attached hydrogens (tertiary/aromatic N) is 2. The van der Waals surface area contributed by atoms with E-state index in [1.54, 1.807) is 25.7 Å². The van der Waals surface area contributed by atoms with Crippen LogP contribution in [0.4, 0.5) is 4.39 Å². The Bertz CT molecular complexity index is 1330. The van der Waals surface area contributed by atoms with Crippen molar-refractivity contribution in [2.24, 2.45) is 9.98 Å². The van der Waals surface area contributed by atoms with Crippen molar-refractivity contribution in [2.45, 2.75) is 63.7 Å². The molecule has 0 radical (unpaired) electrons. The van der Waals surface area contributed by atoms with Gasteiger partial charge in [-0.05, 0) is 61.7 Å². The molecule has 2 aromatic carbocycles. The third-order valence-electron chi connectivity index (χ3n) is 5.55. The van der Waals surface area contributed by atoms with E-state index in [9.17, 15) is 17.6 Å². The lowest BCUT2D eigenvalue weighted by Crippen LogP contribution is -2.18. The standard InChI is InChI=1S/C25H27FN2O4S2.C3H8/c1-6-22(32-34(30,31)18-9-7-17(26)8-10-18)20(14-27-4)24(29)19-13-15(2)25-23(16(19)3)21(28-5)11-12-33-25;1-3-2/h7-10,13-14H,6,11-12H2,1-5H3;3H2,1-2H3. The van der Waals surface area contributed by atoms with Gasteiger partial charge in [-0.15, -0.1) is 11.8 Å². The van der Waals surface area contributed by atoms with Crippen LogP contribution in [0.3, 0.4) is 0 Å². The maximum atomic E-state index is 13.7. The average Bonchev–Trinajstić information content (AvgIpc) is 2.88. The molecule has 200 valence electrons. The molecule has 0 bridgehead atoms. The number of aryl methyl sites for hydroxylation is 1. The fourth-order valence-electron chi connectivity index (χ4n) is 3.87. The van der Waals surface area contributed by atoms with Crippen LogP contribution in [0.15, 0.2) is 61.4 Å². The molecule has 0 saturated carbocycles. The summed E-state index contributed by atoms with van der Waals surface area (Å²) in [5, 5.41) is 0. The number of Topliss-reactive ketones (excluding diaryl/α,β-unsaturated/α-hetero) is 1. The Morgan fingerprint density at radius 2 is 1.76 bits per heavy atom. The molecule has 9 heteroatoms. The Morgan fingerprint density at radius 3 is 2.30 bits per heavy atom. The van der Waals surface area contributed by atoms with Gasteiger partial charge in [-0.2, -0.15) is 8.42 Å². The second kappa shape index (κ2) is 13.7. The molecule has 3 rings (SSSR count). The van der Waals surface area contributed by atoms with Gasteiger partial charge in [-0.25, -0.2) is 4.39 Å². The van der Waals surface area contributed by atoms with Gasteiger partial charge >= 0.3 is 10.1 Å². The van der Waals surface area contributed by atoms with E-state index in [1.165, 1.54) is 19.7 Å². The lowest BCUT2D eigenvalue weighted by molar-refractivity contribution is 0.103. The summed E-state index contributed by atoms with van der Waals surface area (Å²) < 4.78 is 44.3. The summed E-state index contributed by atoms with van der Waals surface area (Å²) in [6.07, 6.45) is 3.51.